The highest BCUT2D eigenvalue weighted by Gasteiger charge is 2.42. The fourth-order valence-electron chi connectivity index (χ4n) is 4.89. The molecular formula is C37H29F6N3O12. The Morgan fingerprint density at radius 1 is 0.569 bits per heavy atom. The molecule has 4 rings (SSSR count). The number of benzene rings is 4. The third kappa shape index (κ3) is 10.7. The van der Waals surface area contributed by atoms with E-state index in [0.29, 0.717) is 24.3 Å². The number of carbonyl (C=O) groups is 6. The molecule has 0 aromatic heterocycles. The second-order valence-electron chi connectivity index (χ2n) is 11.5. The Labute approximate surface area is 322 Å². The molecule has 306 valence electrons. The number of alkyl halides is 6. The number of esters is 2. The van der Waals surface area contributed by atoms with Crippen LogP contribution in [0.15, 0.2) is 84.9 Å². The number of amides is 3. The van der Waals surface area contributed by atoms with E-state index in [-0.39, 0.29) is 34.1 Å². The number of hydrazine groups is 1. The lowest BCUT2D eigenvalue weighted by Gasteiger charge is -2.24. The summed E-state index contributed by atoms with van der Waals surface area (Å²) >= 11 is 0. The molecule has 2 atom stereocenters. The molecule has 4 aromatic carbocycles. The van der Waals surface area contributed by atoms with Crippen LogP contribution in [0.4, 0.5) is 32.0 Å². The summed E-state index contributed by atoms with van der Waals surface area (Å²) in [6, 6.07) is 12.7. The van der Waals surface area contributed by atoms with Crippen molar-refractivity contribution in [1.82, 2.24) is 10.9 Å². The molecule has 0 saturated carbocycles. The van der Waals surface area contributed by atoms with Crippen LogP contribution < -0.4 is 30.4 Å². The van der Waals surface area contributed by atoms with Crippen LogP contribution in [0.2, 0.25) is 0 Å². The van der Waals surface area contributed by atoms with Gasteiger partial charge in [0.2, 0.25) is 18.0 Å². The summed E-state index contributed by atoms with van der Waals surface area (Å²) in [7, 11) is 4.07. The van der Waals surface area contributed by atoms with E-state index in [9.17, 15) is 60.2 Å². The Bertz CT molecular complexity index is 2190. The minimum atomic E-state index is -4.95. The van der Waals surface area contributed by atoms with Gasteiger partial charge < -0.3 is 34.1 Å². The largest absolute Gasteiger partial charge is 0.493 e. The number of halogens is 6. The summed E-state index contributed by atoms with van der Waals surface area (Å²) in [6.45, 7) is 0. The van der Waals surface area contributed by atoms with Crippen molar-refractivity contribution >= 4 is 41.3 Å². The number of methoxy groups -OCH3 is 3. The Kier molecular flexibility index (Phi) is 13.5. The molecule has 58 heavy (non-hydrogen) atoms. The zero-order valence-electron chi connectivity index (χ0n) is 29.9. The third-order valence-corrected chi connectivity index (χ3v) is 7.73. The van der Waals surface area contributed by atoms with E-state index in [2.05, 4.69) is 5.32 Å². The van der Waals surface area contributed by atoms with Crippen molar-refractivity contribution in [2.24, 2.45) is 0 Å². The summed E-state index contributed by atoms with van der Waals surface area (Å²) < 4.78 is 105. The summed E-state index contributed by atoms with van der Waals surface area (Å²) in [5, 5.41) is 12.5. The van der Waals surface area contributed by atoms with E-state index in [4.69, 9.17) is 23.7 Å². The van der Waals surface area contributed by atoms with Gasteiger partial charge in [0.05, 0.1) is 43.6 Å². The molecule has 0 aliphatic carbocycles. The van der Waals surface area contributed by atoms with Crippen molar-refractivity contribution in [3.63, 3.8) is 0 Å². The molecular weight excluding hydrogens is 792 g/mol. The molecule has 0 heterocycles. The smallest absolute Gasteiger partial charge is 0.416 e. The molecule has 0 spiro atoms. The standard InChI is InChI=1S/C37H29F6N3O12/c1-54-25-16-21(17-26(55-2)27(25)56-3)30(47)44-24-12-10-18(11-13-24)31(48)45-46-32(49)28(57-34(52)19-6-4-8-22(14-19)36(38,39)40)29(33(50)51)58-35(53)20-7-5-9-23(15-20)37(41,42)43/h4-17,28-29H,1-3H3,(H,44,47)(H,45,48)(H,46,49)(H,50,51)/t28-,29-/m0/s1. The number of carboxylic acid groups (broad SMARTS) is 1. The Hall–Kier alpha value is -7.32. The average Bonchev–Trinajstić information content (AvgIpc) is 3.19. The van der Waals surface area contributed by atoms with Crippen LogP contribution in [0, 0.1) is 0 Å². The fourth-order valence-corrected chi connectivity index (χ4v) is 4.89. The monoisotopic (exact) mass is 821 g/mol. The van der Waals surface area contributed by atoms with E-state index in [1.807, 2.05) is 5.43 Å². The first-order valence-electron chi connectivity index (χ1n) is 16.1. The number of carboxylic acids is 1. The van der Waals surface area contributed by atoms with E-state index in [0.717, 1.165) is 24.3 Å². The normalized spacial score (nSPS) is 12.2. The van der Waals surface area contributed by atoms with Gasteiger partial charge in [0.1, 0.15) is 0 Å². The second kappa shape index (κ2) is 18.1. The lowest BCUT2D eigenvalue weighted by Crippen LogP contribution is -2.54. The molecule has 15 nitrogen and oxygen atoms in total. The number of nitrogens with one attached hydrogen (secondary N) is 3. The van der Waals surface area contributed by atoms with Crippen LogP contribution in [-0.2, 0) is 31.4 Å². The average molecular weight is 822 g/mol. The number of hydrogen-bond acceptors (Lipinski definition) is 11. The van der Waals surface area contributed by atoms with Gasteiger partial charge >= 0.3 is 30.3 Å². The number of rotatable bonds is 13. The number of anilines is 1. The van der Waals surface area contributed by atoms with Gasteiger partial charge in [-0.3, -0.25) is 25.2 Å². The van der Waals surface area contributed by atoms with E-state index >= 15 is 0 Å². The maximum Gasteiger partial charge on any atom is 0.416 e. The zero-order chi connectivity index (χ0) is 42.9. The van der Waals surface area contributed by atoms with E-state index in [1.165, 1.54) is 57.7 Å². The maximum absolute atomic E-state index is 13.3. The lowest BCUT2D eigenvalue weighted by atomic mass is 10.1. The van der Waals surface area contributed by atoms with Crippen LogP contribution in [0.3, 0.4) is 0 Å². The maximum atomic E-state index is 13.3. The SMILES string of the molecule is COc1cc(C(=O)Nc2ccc(C(=O)NNC(=O)[C@@H](OC(=O)c3cccc(C(F)(F)F)c3)[C@H](OC(=O)c3cccc(C(F)(F)F)c3)C(=O)O)cc2)cc(OC)c1OC. The first-order valence-corrected chi connectivity index (χ1v) is 16.1. The minimum absolute atomic E-state index is 0.0996. The molecule has 21 heteroatoms. The minimum Gasteiger partial charge on any atom is -0.493 e. The van der Waals surface area contributed by atoms with E-state index < -0.39 is 82.4 Å². The third-order valence-electron chi connectivity index (χ3n) is 7.73. The van der Waals surface area contributed by atoms with Crippen molar-refractivity contribution in [2.45, 2.75) is 24.6 Å². The topological polar surface area (TPSA) is 205 Å². The number of aliphatic carboxylic acids is 1. The van der Waals surface area contributed by atoms with Gasteiger partial charge in [-0.1, -0.05) is 12.1 Å². The van der Waals surface area contributed by atoms with Crippen molar-refractivity contribution < 1.29 is 83.9 Å². The quantitative estimate of drug-likeness (QED) is 0.0771. The Balaban J connectivity index is 1.54. The molecule has 0 fully saturated rings. The van der Waals surface area contributed by atoms with Crippen LogP contribution in [0.5, 0.6) is 17.2 Å². The molecule has 0 unspecified atom stereocenters. The van der Waals surface area contributed by atoms with Crippen LogP contribution in [0.25, 0.3) is 0 Å². The number of carbonyl (C=O) groups excluding carboxylic acids is 5. The van der Waals surface area contributed by atoms with E-state index in [1.54, 1.807) is 5.43 Å². The van der Waals surface area contributed by atoms with Gasteiger partial charge in [0, 0.05) is 16.8 Å². The molecule has 4 aromatic rings. The molecule has 4 N–H and O–H groups in total. The number of hydrogen-bond donors (Lipinski definition) is 4. The lowest BCUT2D eigenvalue weighted by molar-refractivity contribution is -0.159. The summed E-state index contributed by atoms with van der Waals surface area (Å²) in [6.07, 6.45) is -15.5. The van der Waals surface area contributed by atoms with Gasteiger partial charge in [-0.05, 0) is 72.8 Å². The van der Waals surface area contributed by atoms with Crippen molar-refractivity contribution in [3.8, 4) is 17.2 Å². The molecule has 0 aliphatic heterocycles. The highest BCUT2D eigenvalue weighted by Crippen LogP contribution is 2.38. The Morgan fingerprint density at radius 2 is 1.05 bits per heavy atom. The summed E-state index contributed by atoms with van der Waals surface area (Å²) in [4.78, 5) is 77.2. The van der Waals surface area contributed by atoms with Crippen LogP contribution >= 0.6 is 0 Å². The van der Waals surface area contributed by atoms with Crippen molar-refractivity contribution in [3.05, 3.63) is 118 Å². The Morgan fingerprint density at radius 3 is 1.48 bits per heavy atom. The zero-order valence-corrected chi connectivity index (χ0v) is 29.9. The predicted octanol–water partition coefficient (Wildman–Crippen LogP) is 5.30. The van der Waals surface area contributed by atoms with Gasteiger partial charge in [0.25, 0.3) is 17.7 Å². The molecule has 0 radical (unpaired) electrons. The molecule has 0 saturated heterocycles. The predicted molar refractivity (Wildman–Crippen MR) is 185 cm³/mol. The van der Waals surface area contributed by atoms with Crippen LogP contribution in [0.1, 0.15) is 52.6 Å². The second-order valence-corrected chi connectivity index (χ2v) is 11.5. The summed E-state index contributed by atoms with van der Waals surface area (Å²) in [5.74, 6) is -8.49. The summed E-state index contributed by atoms with van der Waals surface area (Å²) in [5.41, 5.74) is -0.651. The highest BCUT2D eigenvalue weighted by molar-refractivity contribution is 6.05. The van der Waals surface area contributed by atoms with Gasteiger partial charge in [0.15, 0.2) is 11.5 Å². The highest BCUT2D eigenvalue weighted by atomic mass is 19.4. The first kappa shape index (κ1) is 43.4. The first-order chi connectivity index (χ1) is 27.3. The fraction of sp³-hybridized carbons (Fsp3) is 0.189. The van der Waals surface area contributed by atoms with Gasteiger partial charge in [-0.15, -0.1) is 0 Å². The van der Waals surface area contributed by atoms with Crippen molar-refractivity contribution in [2.75, 3.05) is 26.6 Å². The van der Waals surface area contributed by atoms with Gasteiger partial charge in [-0.2, -0.15) is 26.3 Å². The molecule has 0 bridgehead atoms. The van der Waals surface area contributed by atoms with Crippen molar-refractivity contribution in [1.29, 1.82) is 0 Å². The van der Waals surface area contributed by atoms with Gasteiger partial charge in [-0.25, -0.2) is 14.4 Å². The molecule has 3 amide bonds. The van der Waals surface area contributed by atoms with Crippen LogP contribution in [-0.4, -0.2) is 74.3 Å². The molecule has 0 aliphatic rings. The number of ether oxygens (including phenoxy) is 5.